The van der Waals surface area contributed by atoms with E-state index in [2.05, 4.69) is 15.7 Å². The minimum Gasteiger partial charge on any atom is -0.506 e. The second-order valence-corrected chi connectivity index (χ2v) is 15.5. The lowest BCUT2D eigenvalue weighted by atomic mass is 9.97. The molecule has 67 heavy (non-hydrogen) atoms. The molecule has 0 saturated carbocycles. The summed E-state index contributed by atoms with van der Waals surface area (Å²) in [6.07, 6.45) is -7.90. The normalized spacial score (nSPS) is 15.2. The first-order chi connectivity index (χ1) is 31.9. The number of amides is 5. The lowest BCUT2D eigenvalue weighted by Gasteiger charge is -2.27. The van der Waals surface area contributed by atoms with Gasteiger partial charge in [0, 0.05) is 32.2 Å². The molecule has 2 aliphatic rings. The highest BCUT2D eigenvalue weighted by Gasteiger charge is 2.46. The van der Waals surface area contributed by atoms with E-state index in [0.717, 1.165) is 27.8 Å². The number of alkyl halides is 6. The van der Waals surface area contributed by atoms with Crippen LogP contribution in [0.4, 0.5) is 26.3 Å². The van der Waals surface area contributed by atoms with Crippen LogP contribution in [0.2, 0.25) is 5.02 Å². The van der Waals surface area contributed by atoms with E-state index < -0.39 is 76.6 Å². The van der Waals surface area contributed by atoms with Gasteiger partial charge in [0.1, 0.15) is 23.3 Å². The van der Waals surface area contributed by atoms with Crippen molar-refractivity contribution in [3.63, 3.8) is 0 Å². The third kappa shape index (κ3) is 12.4. The predicted octanol–water partition coefficient (Wildman–Crippen LogP) is 6.35. The van der Waals surface area contributed by atoms with E-state index in [0.29, 0.717) is 32.5 Å². The number of carbonyl (C=O) groups excluding carboxylic acids is 5. The van der Waals surface area contributed by atoms with Crippen molar-refractivity contribution in [3.05, 3.63) is 82.0 Å². The van der Waals surface area contributed by atoms with E-state index in [4.69, 9.17) is 35.3 Å². The molecule has 3 aromatic carbocycles. The first-order valence-corrected chi connectivity index (χ1v) is 21.2. The average Bonchev–Trinajstić information content (AvgIpc) is 3.79. The van der Waals surface area contributed by atoms with Crippen LogP contribution in [0.1, 0.15) is 64.1 Å². The Morgan fingerprint density at radius 1 is 0.806 bits per heavy atom. The summed E-state index contributed by atoms with van der Waals surface area (Å²) in [4.78, 5) is 63.2. The number of aromatic nitrogens is 2. The molecule has 0 bridgehead atoms. The number of halogens is 7. The van der Waals surface area contributed by atoms with Crippen molar-refractivity contribution in [2.45, 2.75) is 50.5 Å². The number of benzene rings is 3. The van der Waals surface area contributed by atoms with Gasteiger partial charge in [-0.05, 0) is 73.7 Å². The van der Waals surface area contributed by atoms with Gasteiger partial charge in [0.25, 0.3) is 17.7 Å². The van der Waals surface area contributed by atoms with Crippen molar-refractivity contribution in [2.24, 2.45) is 7.05 Å². The van der Waals surface area contributed by atoms with Crippen molar-refractivity contribution in [2.75, 3.05) is 59.4 Å². The van der Waals surface area contributed by atoms with E-state index in [1.54, 1.807) is 0 Å². The molecule has 6 rings (SSSR count). The smallest absolute Gasteiger partial charge is 0.435 e. The molecule has 1 atom stereocenters. The van der Waals surface area contributed by atoms with E-state index in [1.165, 1.54) is 43.4 Å². The second kappa shape index (κ2) is 22.0. The highest BCUT2D eigenvalue weighted by molar-refractivity contribution is 6.31. The van der Waals surface area contributed by atoms with Gasteiger partial charge in [-0.2, -0.15) is 31.4 Å². The Kier molecular flexibility index (Phi) is 16.5. The van der Waals surface area contributed by atoms with Crippen molar-refractivity contribution < 1.29 is 79.1 Å². The minimum absolute atomic E-state index is 0.00147. The molecule has 1 unspecified atom stereocenters. The Bertz CT molecular complexity index is 2480. The highest BCUT2D eigenvalue weighted by atomic mass is 35.5. The molecular formula is C44H44ClF6N5O11. The Morgan fingerprint density at radius 3 is 2.18 bits per heavy atom. The van der Waals surface area contributed by atoms with Crippen molar-refractivity contribution in [1.82, 2.24) is 25.3 Å². The first kappa shape index (κ1) is 50.2. The lowest BCUT2D eigenvalue weighted by molar-refractivity contribution is -0.141. The summed E-state index contributed by atoms with van der Waals surface area (Å²) in [5.74, 6) is -3.83. The maximum Gasteiger partial charge on any atom is 0.435 e. The molecule has 1 aromatic heterocycles. The van der Waals surface area contributed by atoms with Crippen molar-refractivity contribution >= 4 is 41.1 Å². The van der Waals surface area contributed by atoms with Gasteiger partial charge < -0.3 is 34.1 Å². The zero-order chi connectivity index (χ0) is 48.5. The molecule has 360 valence electrons. The fraction of sp³-hybridized carbons (Fsp3) is 0.409. The molecule has 1 fully saturated rings. The topological polar surface area (TPSA) is 197 Å². The zero-order valence-corrected chi connectivity index (χ0v) is 36.4. The minimum atomic E-state index is -4.84. The van der Waals surface area contributed by atoms with Gasteiger partial charge in [0.05, 0.1) is 72.6 Å². The number of hydrogen-bond donors (Lipinski definition) is 3. The Hall–Kier alpha value is -6.23. The van der Waals surface area contributed by atoms with E-state index >= 15 is 0 Å². The number of nitrogens with zero attached hydrogens (tertiary/aromatic N) is 3. The van der Waals surface area contributed by atoms with Crippen LogP contribution in [0.25, 0.3) is 22.4 Å². The average molecular weight is 968 g/mol. The number of piperidine rings is 1. The summed E-state index contributed by atoms with van der Waals surface area (Å²) in [7, 11) is 1.24. The fourth-order valence-electron chi connectivity index (χ4n) is 7.20. The molecular weight excluding hydrogens is 924 g/mol. The number of fused-ring (bicyclic) bond motifs is 1. The summed E-state index contributed by atoms with van der Waals surface area (Å²) in [6, 6.07) is 9.53. The molecule has 23 heteroatoms. The van der Waals surface area contributed by atoms with E-state index in [1.807, 2.05) is 0 Å². The third-order valence-corrected chi connectivity index (χ3v) is 10.8. The molecule has 3 heterocycles. The van der Waals surface area contributed by atoms with Gasteiger partial charge in [0.15, 0.2) is 12.3 Å². The summed E-state index contributed by atoms with van der Waals surface area (Å²) in [5, 5.41) is 19.0. The number of phenols is 1. The Balaban J connectivity index is 0.845. The molecule has 2 aliphatic heterocycles. The fourth-order valence-corrected chi connectivity index (χ4v) is 7.43. The molecule has 0 aliphatic carbocycles. The van der Waals surface area contributed by atoms with Gasteiger partial charge >= 0.3 is 12.4 Å². The van der Waals surface area contributed by atoms with Crippen LogP contribution in [-0.2, 0) is 48.0 Å². The van der Waals surface area contributed by atoms with Crippen molar-refractivity contribution in [3.8, 4) is 39.6 Å². The maximum atomic E-state index is 13.8. The predicted molar refractivity (Wildman–Crippen MR) is 224 cm³/mol. The number of rotatable bonds is 22. The van der Waals surface area contributed by atoms with Crippen LogP contribution >= 0.6 is 11.6 Å². The van der Waals surface area contributed by atoms with Crippen LogP contribution in [0.5, 0.6) is 17.2 Å². The van der Waals surface area contributed by atoms with Gasteiger partial charge in [0.2, 0.25) is 11.8 Å². The number of carbonyl (C=O) groups is 5. The van der Waals surface area contributed by atoms with Gasteiger partial charge in [-0.1, -0.05) is 23.7 Å². The van der Waals surface area contributed by atoms with Crippen LogP contribution < -0.4 is 20.1 Å². The second-order valence-electron chi connectivity index (χ2n) is 15.1. The number of phenolic OH excluding ortho intramolecular Hbond substituents is 1. The van der Waals surface area contributed by atoms with E-state index in [9.17, 15) is 55.4 Å². The highest BCUT2D eigenvalue weighted by Crippen LogP contribution is 2.47. The molecule has 5 amide bonds. The summed E-state index contributed by atoms with van der Waals surface area (Å²) in [5.41, 5.74) is -3.00. The quantitative estimate of drug-likeness (QED) is 0.0450. The van der Waals surface area contributed by atoms with Gasteiger partial charge in [-0.15, -0.1) is 0 Å². The van der Waals surface area contributed by atoms with Crippen LogP contribution in [0.3, 0.4) is 0 Å². The molecule has 0 radical (unpaired) electrons. The monoisotopic (exact) mass is 967 g/mol. The van der Waals surface area contributed by atoms with E-state index in [-0.39, 0.29) is 97.4 Å². The largest absolute Gasteiger partial charge is 0.506 e. The standard InChI is InChI=1S/C44H44ClF6N5O11/c1-55-31(23-34(54-55)44(49,50)51)26-9-12-33(37(39(26)59)25-8-10-29(45)28(22-25)43(46,47)48)66-16-4-2-3-15-63-18-20-65-21-19-64-17-14-52-36(58)24-67-32-7-5-6-27-38(32)42(62)56(41(27)61)30-11-13-35(57)53-40(30)60/h5-10,12,22-23,30,59H,2-4,11,13-21,24H2,1H3,(H,52,58)(H,53,57,60). The SMILES string of the molecule is Cn1nc(C(F)(F)F)cc1-c1ccc(OCCCCCOCCOCCOCCNC(=O)COc2cccc3c2C(=O)N(C2CCC(=O)NC2=O)C3=O)c(-c2ccc(Cl)c(C(F)(F)F)c2)c1O. The third-order valence-electron chi connectivity index (χ3n) is 10.4. The molecule has 4 aromatic rings. The number of aromatic hydroxyl groups is 1. The Labute approximate surface area is 383 Å². The first-order valence-electron chi connectivity index (χ1n) is 20.8. The summed E-state index contributed by atoms with van der Waals surface area (Å²) >= 11 is 5.82. The number of aryl methyl sites for hydroxylation is 1. The summed E-state index contributed by atoms with van der Waals surface area (Å²) in [6.45, 7) is 1.38. The zero-order valence-electron chi connectivity index (χ0n) is 35.7. The number of nitrogens with one attached hydrogen (secondary N) is 2. The number of hydrogen-bond acceptors (Lipinski definition) is 12. The maximum absolute atomic E-state index is 13.8. The Morgan fingerprint density at radius 2 is 1.49 bits per heavy atom. The van der Waals surface area contributed by atoms with Crippen LogP contribution in [0.15, 0.2) is 54.6 Å². The molecule has 16 nitrogen and oxygen atoms in total. The van der Waals surface area contributed by atoms with Crippen LogP contribution in [-0.4, -0.2) is 115 Å². The lowest BCUT2D eigenvalue weighted by Crippen LogP contribution is -2.54. The summed E-state index contributed by atoms with van der Waals surface area (Å²) < 4.78 is 110. The number of ether oxygens (including phenoxy) is 5. The number of unbranched alkanes of at least 4 members (excludes halogenated alkanes) is 2. The molecule has 3 N–H and O–H groups in total. The number of imide groups is 2. The van der Waals surface area contributed by atoms with Gasteiger partial charge in [-0.25, -0.2) is 0 Å². The molecule has 1 saturated heterocycles. The van der Waals surface area contributed by atoms with Crippen molar-refractivity contribution in [1.29, 1.82) is 0 Å². The molecule has 0 spiro atoms. The van der Waals surface area contributed by atoms with Gasteiger partial charge in [-0.3, -0.25) is 38.9 Å². The van der Waals surface area contributed by atoms with Crippen LogP contribution in [0, 0.1) is 0 Å².